The highest BCUT2D eigenvalue weighted by molar-refractivity contribution is 7.89. The van der Waals surface area contributed by atoms with E-state index in [2.05, 4.69) is 0 Å². The largest absolute Gasteiger partial charge is 0.377 e. The fraction of sp³-hybridized carbons (Fsp3) is 0.320. The minimum Gasteiger partial charge on any atom is -0.377 e. The molecular weight excluding hydrogens is 511 g/mol. The van der Waals surface area contributed by atoms with Gasteiger partial charge in [0.2, 0.25) is 15.9 Å². The van der Waals surface area contributed by atoms with Gasteiger partial charge in [-0.1, -0.05) is 29.8 Å². The maximum Gasteiger partial charge on any atom is 0.243 e. The number of sulfonamides is 1. The first kappa shape index (κ1) is 25.8. The van der Waals surface area contributed by atoms with Crippen LogP contribution in [-0.4, -0.2) is 49.3 Å². The van der Waals surface area contributed by atoms with Crippen molar-refractivity contribution in [3.05, 3.63) is 87.3 Å². The van der Waals surface area contributed by atoms with Gasteiger partial charge in [-0.25, -0.2) is 12.8 Å². The van der Waals surface area contributed by atoms with Gasteiger partial charge in [-0.15, -0.1) is 11.3 Å². The van der Waals surface area contributed by atoms with Crippen molar-refractivity contribution in [1.82, 2.24) is 9.21 Å². The molecule has 1 amide bonds. The molecule has 0 N–H and O–H groups in total. The monoisotopic (exact) mass is 536 g/mol. The van der Waals surface area contributed by atoms with Gasteiger partial charge in [0, 0.05) is 29.6 Å². The summed E-state index contributed by atoms with van der Waals surface area (Å²) in [6.45, 7) is 0.869. The molecule has 0 aliphatic carbocycles. The number of ether oxygens (including phenoxy) is 1. The lowest BCUT2D eigenvalue weighted by molar-refractivity contribution is -0.132. The van der Waals surface area contributed by atoms with Crippen molar-refractivity contribution in [2.45, 2.75) is 36.9 Å². The highest BCUT2D eigenvalue weighted by Crippen LogP contribution is 2.23. The van der Waals surface area contributed by atoms with Crippen LogP contribution in [0.4, 0.5) is 4.39 Å². The number of carbonyl (C=O) groups is 1. The average Bonchev–Trinajstić information content (AvgIpc) is 3.54. The van der Waals surface area contributed by atoms with E-state index < -0.39 is 10.0 Å². The van der Waals surface area contributed by atoms with Gasteiger partial charge >= 0.3 is 0 Å². The summed E-state index contributed by atoms with van der Waals surface area (Å²) in [5.41, 5.74) is 0.752. The highest BCUT2D eigenvalue weighted by atomic mass is 35.5. The molecule has 2 heterocycles. The van der Waals surface area contributed by atoms with Crippen molar-refractivity contribution in [2.24, 2.45) is 0 Å². The van der Waals surface area contributed by atoms with Gasteiger partial charge in [0.25, 0.3) is 0 Å². The topological polar surface area (TPSA) is 66.9 Å². The van der Waals surface area contributed by atoms with Gasteiger partial charge in [-0.05, 0) is 66.2 Å². The first-order valence-electron chi connectivity index (χ1n) is 11.2. The molecule has 0 spiro atoms. The van der Waals surface area contributed by atoms with Crippen molar-refractivity contribution in [1.29, 1.82) is 0 Å². The zero-order chi connectivity index (χ0) is 24.8. The molecule has 4 rings (SSSR count). The van der Waals surface area contributed by atoms with E-state index in [1.54, 1.807) is 17.0 Å². The standard InChI is InChI=1S/C25H26ClFN2O4S2/c26-20-7-11-24(12-8-20)35(31,32)29(16-22-3-1-13-33-22)18-25(30)28(17-23-4-2-14-34-23)15-19-5-9-21(27)10-6-19/h2,4-12,14,22H,1,3,13,15-18H2. The summed E-state index contributed by atoms with van der Waals surface area (Å²) in [4.78, 5) is 16.2. The van der Waals surface area contributed by atoms with Crippen molar-refractivity contribution in [2.75, 3.05) is 19.7 Å². The van der Waals surface area contributed by atoms with Crippen molar-refractivity contribution in [3.8, 4) is 0 Å². The molecule has 6 nitrogen and oxygen atoms in total. The Hall–Kier alpha value is -2.30. The summed E-state index contributed by atoms with van der Waals surface area (Å²) in [6, 6.07) is 15.7. The predicted octanol–water partition coefficient (Wildman–Crippen LogP) is 4.94. The third-order valence-electron chi connectivity index (χ3n) is 5.76. The van der Waals surface area contributed by atoms with Crippen LogP contribution in [0.3, 0.4) is 0 Å². The third kappa shape index (κ3) is 6.89. The first-order valence-corrected chi connectivity index (χ1v) is 13.9. The van der Waals surface area contributed by atoms with E-state index >= 15 is 0 Å². The summed E-state index contributed by atoms with van der Waals surface area (Å²) in [6.07, 6.45) is 1.31. The lowest BCUT2D eigenvalue weighted by Gasteiger charge is -2.28. The molecule has 1 saturated heterocycles. The Labute approximate surface area is 213 Å². The Morgan fingerprint density at radius 3 is 2.46 bits per heavy atom. The molecule has 0 saturated carbocycles. The summed E-state index contributed by atoms with van der Waals surface area (Å²) in [7, 11) is -3.97. The van der Waals surface area contributed by atoms with E-state index in [0.717, 1.165) is 23.3 Å². The molecule has 3 aromatic rings. The lowest BCUT2D eigenvalue weighted by Crippen LogP contribution is -2.45. The second kappa shape index (κ2) is 11.6. The van der Waals surface area contributed by atoms with Crippen molar-refractivity contribution < 1.29 is 22.3 Å². The molecule has 186 valence electrons. The Kier molecular flexibility index (Phi) is 8.56. The van der Waals surface area contributed by atoms with E-state index in [1.807, 2.05) is 17.5 Å². The molecule has 1 aromatic heterocycles. The van der Waals surface area contributed by atoms with E-state index in [-0.39, 0.29) is 42.4 Å². The number of nitrogens with zero attached hydrogens (tertiary/aromatic N) is 2. The van der Waals surface area contributed by atoms with Gasteiger partial charge < -0.3 is 9.64 Å². The molecule has 0 bridgehead atoms. The van der Waals surface area contributed by atoms with E-state index in [1.165, 1.54) is 52.0 Å². The SMILES string of the molecule is O=C(CN(CC1CCCO1)S(=O)(=O)c1ccc(Cl)cc1)N(Cc1ccc(F)cc1)Cc1cccs1. The van der Waals surface area contributed by atoms with Crippen LogP contribution in [0, 0.1) is 5.82 Å². The molecule has 1 aliphatic heterocycles. The summed E-state index contributed by atoms with van der Waals surface area (Å²) < 4.78 is 47.3. The van der Waals surface area contributed by atoms with Crippen LogP contribution in [0.2, 0.25) is 5.02 Å². The van der Waals surface area contributed by atoms with Crippen LogP contribution < -0.4 is 0 Å². The number of amides is 1. The van der Waals surface area contributed by atoms with Gasteiger partial charge in [0.1, 0.15) is 5.82 Å². The Balaban J connectivity index is 1.59. The number of thiophene rings is 1. The van der Waals surface area contributed by atoms with Crippen LogP contribution >= 0.6 is 22.9 Å². The molecule has 1 atom stereocenters. The summed E-state index contributed by atoms with van der Waals surface area (Å²) >= 11 is 7.46. The Morgan fingerprint density at radius 2 is 1.83 bits per heavy atom. The van der Waals surface area contributed by atoms with E-state index in [9.17, 15) is 17.6 Å². The molecule has 35 heavy (non-hydrogen) atoms. The molecular formula is C25H26ClFN2O4S2. The number of carbonyl (C=O) groups excluding carboxylic acids is 1. The molecule has 0 radical (unpaired) electrons. The van der Waals surface area contributed by atoms with Crippen LogP contribution in [0.1, 0.15) is 23.3 Å². The molecule has 1 fully saturated rings. The number of halogens is 2. The van der Waals surface area contributed by atoms with Crippen LogP contribution in [0.25, 0.3) is 0 Å². The smallest absolute Gasteiger partial charge is 0.243 e. The average molecular weight is 537 g/mol. The second-order valence-corrected chi connectivity index (χ2v) is 11.7. The number of benzene rings is 2. The van der Waals surface area contributed by atoms with Gasteiger partial charge in [-0.3, -0.25) is 4.79 Å². The highest BCUT2D eigenvalue weighted by Gasteiger charge is 2.32. The van der Waals surface area contributed by atoms with Crippen LogP contribution in [-0.2, 0) is 32.6 Å². The maximum atomic E-state index is 13.5. The predicted molar refractivity (Wildman–Crippen MR) is 134 cm³/mol. The zero-order valence-electron chi connectivity index (χ0n) is 19.0. The number of rotatable bonds is 10. The number of hydrogen-bond acceptors (Lipinski definition) is 5. The first-order chi connectivity index (χ1) is 16.8. The maximum absolute atomic E-state index is 13.5. The molecule has 2 aromatic carbocycles. The van der Waals surface area contributed by atoms with Crippen LogP contribution in [0.15, 0.2) is 70.9 Å². The minimum atomic E-state index is -3.97. The molecule has 1 aliphatic rings. The van der Waals surface area contributed by atoms with Gasteiger partial charge in [-0.2, -0.15) is 4.31 Å². The number of hydrogen-bond donors (Lipinski definition) is 0. The quantitative estimate of drug-likeness (QED) is 0.368. The summed E-state index contributed by atoms with van der Waals surface area (Å²) in [5.74, 6) is -0.708. The fourth-order valence-corrected chi connectivity index (χ4v) is 6.17. The van der Waals surface area contributed by atoms with Gasteiger partial charge in [0.05, 0.1) is 24.1 Å². The lowest BCUT2D eigenvalue weighted by atomic mass is 10.2. The summed E-state index contributed by atoms with van der Waals surface area (Å²) in [5, 5.41) is 2.34. The van der Waals surface area contributed by atoms with Gasteiger partial charge in [0.15, 0.2) is 0 Å². The van der Waals surface area contributed by atoms with Crippen LogP contribution in [0.5, 0.6) is 0 Å². The zero-order valence-corrected chi connectivity index (χ0v) is 21.4. The normalized spacial score (nSPS) is 16.0. The molecule has 10 heteroatoms. The molecule has 1 unspecified atom stereocenters. The second-order valence-electron chi connectivity index (χ2n) is 8.34. The fourth-order valence-electron chi connectivity index (χ4n) is 3.90. The third-order valence-corrected chi connectivity index (χ3v) is 8.70. The Morgan fingerprint density at radius 1 is 1.09 bits per heavy atom. The van der Waals surface area contributed by atoms with E-state index in [0.29, 0.717) is 18.2 Å². The Bertz CT molecular complexity index is 1210. The van der Waals surface area contributed by atoms with Crippen molar-refractivity contribution >= 4 is 38.9 Å². The minimum absolute atomic E-state index is 0.0658. The van der Waals surface area contributed by atoms with Crippen molar-refractivity contribution in [3.63, 3.8) is 0 Å². The van der Waals surface area contributed by atoms with E-state index in [4.69, 9.17) is 16.3 Å².